The second kappa shape index (κ2) is 26.4. The Morgan fingerprint density at radius 2 is 0.523 bits per heavy atom. The van der Waals surface area contributed by atoms with Gasteiger partial charge in [-0.25, -0.2) is 19.9 Å². The number of hydrogen-bond acceptors (Lipinski definition) is 6. The number of aromatic nitrogens is 4. The molecular formula is C80H72BBrN4O2. The van der Waals surface area contributed by atoms with Gasteiger partial charge >= 0.3 is 7.12 Å². The average molecular weight is 1210 g/mol. The van der Waals surface area contributed by atoms with Crippen molar-refractivity contribution in [1.82, 2.24) is 19.9 Å². The molecule has 8 heteroatoms. The van der Waals surface area contributed by atoms with Crippen LogP contribution < -0.4 is 5.46 Å². The van der Waals surface area contributed by atoms with E-state index in [1.54, 1.807) is 0 Å². The van der Waals surface area contributed by atoms with E-state index in [9.17, 15) is 0 Å². The molecule has 13 rings (SSSR count). The summed E-state index contributed by atoms with van der Waals surface area (Å²) in [5.74, 6) is 1.60. The van der Waals surface area contributed by atoms with Crippen molar-refractivity contribution in [2.75, 3.05) is 0 Å². The number of benzene rings is 10. The van der Waals surface area contributed by atoms with Crippen molar-refractivity contribution in [1.29, 1.82) is 0 Å². The minimum Gasteiger partial charge on any atom is -0.399 e. The highest BCUT2D eigenvalue weighted by Crippen LogP contribution is 2.39. The smallest absolute Gasteiger partial charge is 0.399 e. The molecule has 3 heterocycles. The van der Waals surface area contributed by atoms with Crippen molar-refractivity contribution in [3.63, 3.8) is 0 Å². The molecule has 12 aromatic rings. The van der Waals surface area contributed by atoms with Crippen LogP contribution in [0.25, 0.3) is 100 Å². The van der Waals surface area contributed by atoms with Crippen LogP contribution in [0.15, 0.2) is 259 Å². The van der Waals surface area contributed by atoms with Crippen LogP contribution in [0.3, 0.4) is 0 Å². The predicted molar refractivity (Wildman–Crippen MR) is 371 cm³/mol. The van der Waals surface area contributed by atoms with Crippen molar-refractivity contribution in [2.24, 2.45) is 0 Å². The van der Waals surface area contributed by atoms with Crippen molar-refractivity contribution in [2.45, 2.75) is 80.4 Å². The van der Waals surface area contributed by atoms with Crippen molar-refractivity contribution in [3.05, 3.63) is 293 Å². The van der Waals surface area contributed by atoms with E-state index >= 15 is 0 Å². The first-order valence-corrected chi connectivity index (χ1v) is 30.8. The maximum Gasteiger partial charge on any atom is 0.494 e. The zero-order valence-electron chi connectivity index (χ0n) is 51.8. The molecule has 88 heavy (non-hydrogen) atoms. The van der Waals surface area contributed by atoms with Crippen LogP contribution in [0.2, 0.25) is 0 Å². The zero-order valence-corrected chi connectivity index (χ0v) is 53.4. The van der Waals surface area contributed by atoms with E-state index in [1.165, 1.54) is 77.9 Å². The van der Waals surface area contributed by atoms with Gasteiger partial charge in [0.05, 0.1) is 22.6 Å². The first kappa shape index (κ1) is 60.5. The molecule has 0 saturated carbocycles. The second-order valence-electron chi connectivity index (χ2n) is 23.6. The van der Waals surface area contributed by atoms with Gasteiger partial charge in [0.2, 0.25) is 0 Å². The van der Waals surface area contributed by atoms with Gasteiger partial charge in [0.1, 0.15) is 11.6 Å². The Labute approximate surface area is 528 Å². The minimum absolute atomic E-state index is 0.326. The lowest BCUT2D eigenvalue weighted by molar-refractivity contribution is 0.00578. The molecule has 1 aliphatic rings. The summed E-state index contributed by atoms with van der Waals surface area (Å²) in [6.07, 6.45) is 0. The number of nitrogens with zero attached hydrogens (tertiary/aromatic N) is 4. The first-order valence-electron chi connectivity index (χ1n) is 30.0. The SMILES string of the molecule is Brc1cc(-c2ccccc2)cc(-c2ccc(-c3ccccc3)cc2)c1.Cc1nc(C)c(C)c(-c2ccc(-c3cc(-c4ccccc4)cc(-c4ccc(-c5ccccc5)cc4)c3)cc2)n1.Cc1nc(C)c(C)c(-c2ccc(B3OC(C)(C)C(C)(C)O3)cc2)n1. The highest BCUT2D eigenvalue weighted by Gasteiger charge is 2.51. The molecule has 434 valence electrons. The summed E-state index contributed by atoms with van der Waals surface area (Å²) in [7, 11) is -0.334. The molecule has 6 nitrogen and oxygen atoms in total. The molecule has 0 bridgehead atoms. The van der Waals surface area contributed by atoms with Gasteiger partial charge in [0.25, 0.3) is 0 Å². The van der Waals surface area contributed by atoms with Crippen LogP contribution in [-0.4, -0.2) is 38.3 Å². The van der Waals surface area contributed by atoms with E-state index in [4.69, 9.17) is 14.3 Å². The molecule has 1 aliphatic heterocycles. The minimum atomic E-state index is -0.334. The average Bonchev–Trinajstić information content (AvgIpc) is 1.86. The quantitative estimate of drug-likeness (QED) is 0.127. The highest BCUT2D eigenvalue weighted by molar-refractivity contribution is 9.10. The summed E-state index contributed by atoms with van der Waals surface area (Å²) in [5.41, 5.74) is 25.9. The lowest BCUT2D eigenvalue weighted by atomic mass is 9.78. The third-order valence-electron chi connectivity index (χ3n) is 16.9. The molecule has 10 aromatic carbocycles. The fourth-order valence-electron chi connectivity index (χ4n) is 11.0. The van der Waals surface area contributed by atoms with E-state index in [2.05, 4.69) is 315 Å². The number of rotatable bonds is 10. The third-order valence-corrected chi connectivity index (χ3v) is 17.4. The Kier molecular flexibility index (Phi) is 18.2. The van der Waals surface area contributed by atoms with Crippen molar-refractivity contribution < 1.29 is 9.31 Å². The maximum atomic E-state index is 6.11. The van der Waals surface area contributed by atoms with Gasteiger partial charge in [-0.3, -0.25) is 0 Å². The Hall–Kier alpha value is -9.18. The highest BCUT2D eigenvalue weighted by atomic mass is 79.9. The van der Waals surface area contributed by atoms with Gasteiger partial charge < -0.3 is 9.31 Å². The molecule has 1 fully saturated rings. The Morgan fingerprint density at radius 1 is 0.284 bits per heavy atom. The van der Waals surface area contributed by atoms with Gasteiger partial charge in [0.15, 0.2) is 0 Å². The maximum absolute atomic E-state index is 6.11. The van der Waals surface area contributed by atoms with Crippen LogP contribution >= 0.6 is 15.9 Å². The third kappa shape index (κ3) is 14.0. The molecule has 0 aliphatic carbocycles. The van der Waals surface area contributed by atoms with E-state index in [0.29, 0.717) is 0 Å². The summed E-state index contributed by atoms with van der Waals surface area (Å²) in [5, 5.41) is 0. The fourth-order valence-corrected chi connectivity index (χ4v) is 11.5. The van der Waals surface area contributed by atoms with Crippen LogP contribution in [0.5, 0.6) is 0 Å². The van der Waals surface area contributed by atoms with Gasteiger partial charge in [-0.1, -0.05) is 234 Å². The lowest BCUT2D eigenvalue weighted by Gasteiger charge is -2.32. The summed E-state index contributed by atoms with van der Waals surface area (Å²) >= 11 is 3.66. The normalized spacial score (nSPS) is 13.0. The lowest BCUT2D eigenvalue weighted by Crippen LogP contribution is -2.41. The Morgan fingerprint density at radius 3 is 0.830 bits per heavy atom. The molecule has 0 N–H and O–H groups in total. The predicted octanol–water partition coefficient (Wildman–Crippen LogP) is 20.6. The van der Waals surface area contributed by atoms with Crippen LogP contribution in [-0.2, 0) is 9.31 Å². The van der Waals surface area contributed by atoms with Crippen LogP contribution in [0, 0.1) is 41.5 Å². The monoisotopic (exact) mass is 1210 g/mol. The molecule has 0 unspecified atom stereocenters. The number of halogens is 1. The molecule has 0 atom stereocenters. The largest absolute Gasteiger partial charge is 0.494 e. The molecular weight excluding hydrogens is 1140 g/mol. The van der Waals surface area contributed by atoms with Crippen LogP contribution in [0.4, 0.5) is 0 Å². The van der Waals surface area contributed by atoms with E-state index in [0.717, 1.165) is 66.6 Å². The van der Waals surface area contributed by atoms with Crippen molar-refractivity contribution >= 4 is 28.5 Å². The van der Waals surface area contributed by atoms with Gasteiger partial charge in [-0.05, 0) is 200 Å². The van der Waals surface area contributed by atoms with Gasteiger partial charge in [0, 0.05) is 27.0 Å². The molecule has 0 spiro atoms. The Balaban J connectivity index is 0.000000143. The fraction of sp³-hybridized carbons (Fsp3) is 0.150. The first-order chi connectivity index (χ1) is 42.4. The van der Waals surface area contributed by atoms with E-state index < -0.39 is 0 Å². The van der Waals surface area contributed by atoms with Crippen molar-refractivity contribution in [3.8, 4) is 100 Å². The number of hydrogen-bond donors (Lipinski definition) is 0. The summed E-state index contributed by atoms with van der Waals surface area (Å²) in [6.45, 7) is 20.4. The summed E-state index contributed by atoms with van der Waals surface area (Å²) in [6, 6.07) is 90.2. The molecule has 1 saturated heterocycles. The second-order valence-corrected chi connectivity index (χ2v) is 24.5. The van der Waals surface area contributed by atoms with Gasteiger partial charge in [-0.15, -0.1) is 0 Å². The standard InChI is InChI=1S/C37H30N2.C24H17Br.C19H25BN2O2/c1-25-26(2)38-27(3)39-37(25)33-20-18-32(19-21-33)36-23-34(29-12-8-5-9-13-29)22-35(24-36)31-16-14-30(15-17-31)28-10-6-4-7-11-28;25-24-16-22(19-9-5-2-6-10-19)15-23(17-24)21-13-11-20(12-14-21)18-7-3-1-4-8-18;1-12-13(2)21-14(3)22-17(12)15-8-10-16(11-9-15)20-23-18(4,5)19(6,7)24-20/h4-24H,1-3H3;1-17H;8-11H,1-7H3. The van der Waals surface area contributed by atoms with E-state index in [1.807, 2.05) is 39.8 Å². The topological polar surface area (TPSA) is 70.0 Å². The van der Waals surface area contributed by atoms with Gasteiger partial charge in [-0.2, -0.15) is 0 Å². The number of aryl methyl sites for hydroxylation is 4. The summed E-state index contributed by atoms with van der Waals surface area (Å²) in [4.78, 5) is 18.3. The molecule has 0 amide bonds. The van der Waals surface area contributed by atoms with E-state index in [-0.39, 0.29) is 18.3 Å². The zero-order chi connectivity index (χ0) is 61.5. The molecule has 2 aromatic heterocycles. The summed E-state index contributed by atoms with van der Waals surface area (Å²) < 4.78 is 13.3. The van der Waals surface area contributed by atoms with Crippen LogP contribution in [0.1, 0.15) is 61.9 Å². The Bertz CT molecular complexity index is 4330. The molecule has 0 radical (unpaired) electrons.